The number of carbonyl (C=O) groups excluding carboxylic acids is 1. The van der Waals surface area contributed by atoms with E-state index in [0.717, 1.165) is 5.56 Å². The molecule has 0 saturated carbocycles. The van der Waals surface area contributed by atoms with E-state index in [2.05, 4.69) is 15.0 Å². The number of rotatable bonds is 10. The number of carbonyl (C=O) groups is 1. The predicted molar refractivity (Wildman–Crippen MR) is 136 cm³/mol. The summed E-state index contributed by atoms with van der Waals surface area (Å²) in [6, 6.07) is 11.2. The predicted octanol–water partition coefficient (Wildman–Crippen LogP) is 4.14. The summed E-state index contributed by atoms with van der Waals surface area (Å²) in [5.74, 6) is -0.194. The molecule has 2 aromatic carbocycles. The molecule has 198 valence electrons. The topological polar surface area (TPSA) is 79.0 Å². The maximum Gasteiger partial charge on any atom is 0.387 e. The van der Waals surface area contributed by atoms with Crippen LogP contribution in [0.3, 0.4) is 0 Å². The van der Waals surface area contributed by atoms with Crippen LogP contribution in [-0.2, 0) is 26.8 Å². The average molecular weight is 564 g/mol. The molecule has 1 saturated heterocycles. The zero-order chi connectivity index (χ0) is 26.5. The highest BCUT2D eigenvalue weighted by atomic mass is 35.5. The fourth-order valence-electron chi connectivity index (χ4n) is 4.06. The summed E-state index contributed by atoms with van der Waals surface area (Å²) < 4.78 is 54.1. The highest BCUT2D eigenvalue weighted by Gasteiger charge is 2.36. The summed E-state index contributed by atoms with van der Waals surface area (Å²) in [5, 5.41) is 3.66. The Kier molecular flexibility index (Phi) is 9.56. The van der Waals surface area contributed by atoms with Crippen molar-refractivity contribution in [3.63, 3.8) is 0 Å². The number of piperazine rings is 1. The minimum atomic E-state index is -3.23. The molecular formula is C24H29Cl2F2N3O4S. The second kappa shape index (κ2) is 12.0. The minimum absolute atomic E-state index is 0.0386. The highest BCUT2D eigenvalue weighted by Crippen LogP contribution is 2.33. The van der Waals surface area contributed by atoms with E-state index in [9.17, 15) is 22.0 Å². The molecule has 1 fully saturated rings. The van der Waals surface area contributed by atoms with E-state index < -0.39 is 22.0 Å². The molecule has 0 bridgehead atoms. The van der Waals surface area contributed by atoms with Gasteiger partial charge in [0.2, 0.25) is 15.9 Å². The molecule has 1 atom stereocenters. The first-order chi connectivity index (χ1) is 16.9. The third-order valence-corrected chi connectivity index (χ3v) is 8.43. The van der Waals surface area contributed by atoms with Crippen molar-refractivity contribution in [3.05, 3.63) is 63.6 Å². The van der Waals surface area contributed by atoms with E-state index in [0.29, 0.717) is 54.8 Å². The molecule has 1 amide bonds. The van der Waals surface area contributed by atoms with Crippen molar-refractivity contribution in [1.29, 1.82) is 0 Å². The van der Waals surface area contributed by atoms with E-state index in [1.54, 1.807) is 30.3 Å². The van der Waals surface area contributed by atoms with Gasteiger partial charge in [-0.1, -0.05) is 41.4 Å². The van der Waals surface area contributed by atoms with Crippen LogP contribution >= 0.6 is 23.2 Å². The number of ether oxygens (including phenoxy) is 1. The smallest absolute Gasteiger partial charge is 0.387 e. The van der Waals surface area contributed by atoms with Crippen LogP contribution < -0.4 is 10.1 Å². The van der Waals surface area contributed by atoms with Gasteiger partial charge in [-0.3, -0.25) is 4.79 Å². The van der Waals surface area contributed by atoms with Gasteiger partial charge in [-0.15, -0.1) is 0 Å². The van der Waals surface area contributed by atoms with Crippen molar-refractivity contribution in [2.45, 2.75) is 31.9 Å². The zero-order valence-corrected chi connectivity index (χ0v) is 22.3. The summed E-state index contributed by atoms with van der Waals surface area (Å²) in [5.41, 5.74) is 0.462. The van der Waals surface area contributed by atoms with E-state index in [1.165, 1.54) is 22.7 Å². The molecule has 0 aromatic heterocycles. The molecule has 1 heterocycles. The molecule has 1 unspecified atom stereocenters. The van der Waals surface area contributed by atoms with Gasteiger partial charge in [-0.25, -0.2) is 8.42 Å². The van der Waals surface area contributed by atoms with E-state index in [1.807, 2.05) is 6.92 Å². The van der Waals surface area contributed by atoms with Crippen molar-refractivity contribution >= 4 is 39.1 Å². The first-order valence-electron chi connectivity index (χ1n) is 11.3. The summed E-state index contributed by atoms with van der Waals surface area (Å²) >= 11 is 12.3. The summed E-state index contributed by atoms with van der Waals surface area (Å²) in [6.45, 7) is 1.63. The normalized spacial score (nSPS) is 17.1. The van der Waals surface area contributed by atoms with Gasteiger partial charge in [0.15, 0.2) is 0 Å². The van der Waals surface area contributed by atoms with Gasteiger partial charge >= 0.3 is 6.61 Å². The third kappa shape index (κ3) is 7.52. The van der Waals surface area contributed by atoms with E-state index >= 15 is 0 Å². The van der Waals surface area contributed by atoms with Gasteiger partial charge in [0.1, 0.15) is 5.75 Å². The number of hydrogen-bond acceptors (Lipinski definition) is 5. The molecule has 36 heavy (non-hydrogen) atoms. The van der Waals surface area contributed by atoms with Crippen LogP contribution in [0.15, 0.2) is 42.5 Å². The Labute approximate surface area is 220 Å². The second-order valence-corrected chi connectivity index (χ2v) is 11.7. The lowest BCUT2D eigenvalue weighted by Gasteiger charge is -2.36. The van der Waals surface area contributed by atoms with Gasteiger partial charge in [-0.2, -0.15) is 13.1 Å². The molecule has 1 N–H and O–H groups in total. The lowest BCUT2D eigenvalue weighted by atomic mass is 9.78. The monoisotopic (exact) mass is 563 g/mol. The number of alkyl halides is 2. The lowest BCUT2D eigenvalue weighted by Crippen LogP contribution is -2.50. The first-order valence-corrected chi connectivity index (χ1v) is 13.9. The van der Waals surface area contributed by atoms with E-state index in [-0.39, 0.29) is 18.2 Å². The number of halogens is 4. The van der Waals surface area contributed by atoms with Crippen LogP contribution in [0.5, 0.6) is 5.75 Å². The molecule has 1 aliphatic rings. The van der Waals surface area contributed by atoms with Gasteiger partial charge in [0, 0.05) is 32.7 Å². The number of amides is 1. The maximum absolute atomic E-state index is 13.5. The highest BCUT2D eigenvalue weighted by molar-refractivity contribution is 7.88. The van der Waals surface area contributed by atoms with Crippen LogP contribution in [0.2, 0.25) is 10.0 Å². The molecule has 1 aliphatic heterocycles. The van der Waals surface area contributed by atoms with Crippen LogP contribution in [0.4, 0.5) is 8.78 Å². The largest absolute Gasteiger partial charge is 0.435 e. The number of hydrogen-bond donors (Lipinski definition) is 1. The Morgan fingerprint density at radius 1 is 1.08 bits per heavy atom. The van der Waals surface area contributed by atoms with Crippen molar-refractivity contribution in [3.8, 4) is 5.75 Å². The van der Waals surface area contributed by atoms with E-state index in [4.69, 9.17) is 23.2 Å². The van der Waals surface area contributed by atoms with Gasteiger partial charge in [0.05, 0.1) is 21.7 Å². The SMILES string of the molecule is CC(CCN1CCN(S(C)(=O)=O)CC1)(C(=O)NCc1ccc(OC(F)F)cc1)c1ccc(Cl)c(Cl)c1. The Morgan fingerprint density at radius 2 is 1.72 bits per heavy atom. The molecule has 0 spiro atoms. The molecule has 2 aromatic rings. The second-order valence-electron chi connectivity index (χ2n) is 8.92. The number of nitrogens with one attached hydrogen (secondary N) is 1. The number of benzene rings is 2. The third-order valence-electron chi connectivity index (χ3n) is 6.39. The first kappa shape index (κ1) is 28.6. The van der Waals surface area contributed by atoms with Crippen LogP contribution in [0.1, 0.15) is 24.5 Å². The number of sulfonamides is 1. The summed E-state index contributed by atoms with van der Waals surface area (Å²) in [7, 11) is -3.23. The van der Waals surface area contributed by atoms with Gasteiger partial charge < -0.3 is 15.0 Å². The number of nitrogens with zero attached hydrogens (tertiary/aromatic N) is 2. The molecule has 0 radical (unpaired) electrons. The quantitative estimate of drug-likeness (QED) is 0.470. The fourth-order valence-corrected chi connectivity index (χ4v) is 5.19. The molecule has 12 heteroatoms. The van der Waals surface area contributed by atoms with Crippen molar-refractivity contribution in [2.75, 3.05) is 39.0 Å². The Balaban J connectivity index is 1.71. The summed E-state index contributed by atoms with van der Waals surface area (Å²) in [4.78, 5) is 15.6. The average Bonchev–Trinajstić information content (AvgIpc) is 2.83. The van der Waals surface area contributed by atoms with Crippen LogP contribution in [0, 0.1) is 0 Å². The maximum atomic E-state index is 13.5. The zero-order valence-electron chi connectivity index (χ0n) is 20.0. The lowest BCUT2D eigenvalue weighted by molar-refractivity contribution is -0.126. The molecular weight excluding hydrogens is 535 g/mol. The molecule has 3 rings (SSSR count). The van der Waals surface area contributed by atoms with Crippen LogP contribution in [-0.4, -0.2) is 69.1 Å². The molecule has 7 nitrogen and oxygen atoms in total. The van der Waals surface area contributed by atoms with Crippen LogP contribution in [0.25, 0.3) is 0 Å². The Morgan fingerprint density at radius 3 is 2.28 bits per heavy atom. The minimum Gasteiger partial charge on any atom is -0.435 e. The van der Waals surface area contributed by atoms with Gasteiger partial charge in [-0.05, 0) is 55.3 Å². The Bertz CT molecular complexity index is 1160. The fraction of sp³-hybridized carbons (Fsp3) is 0.458. The standard InChI is InChI=1S/C24H29Cl2F2N3O4S/c1-24(18-5-8-20(25)21(26)15-18,9-10-30-11-13-31(14-12-30)36(2,33)34)22(32)29-16-17-3-6-19(7-4-17)35-23(27)28/h3-8,15,23H,9-14,16H2,1-2H3,(H,29,32). The van der Waals surface area contributed by atoms with Crippen molar-refractivity contribution < 1.29 is 26.7 Å². The summed E-state index contributed by atoms with van der Waals surface area (Å²) in [6.07, 6.45) is 1.66. The van der Waals surface area contributed by atoms with Crippen molar-refractivity contribution in [1.82, 2.24) is 14.5 Å². The molecule has 0 aliphatic carbocycles. The van der Waals surface area contributed by atoms with Crippen molar-refractivity contribution in [2.24, 2.45) is 0 Å². The Hall–Kier alpha value is -1.98. The van der Waals surface area contributed by atoms with Gasteiger partial charge in [0.25, 0.3) is 0 Å².